The van der Waals surface area contributed by atoms with Gasteiger partial charge in [0, 0.05) is 58.0 Å². The third-order valence-corrected chi connectivity index (χ3v) is 5.70. The number of carbonyl (C=O) groups is 1. The summed E-state index contributed by atoms with van der Waals surface area (Å²) in [5.41, 5.74) is 1.64. The minimum absolute atomic E-state index is 0.0254. The van der Waals surface area contributed by atoms with Crippen molar-refractivity contribution in [3.8, 4) is 0 Å². The van der Waals surface area contributed by atoms with Gasteiger partial charge >= 0.3 is 0 Å². The van der Waals surface area contributed by atoms with E-state index in [1.807, 2.05) is 35.2 Å². The lowest BCUT2D eigenvalue weighted by Crippen LogP contribution is -2.49. The first-order valence-corrected chi connectivity index (χ1v) is 10.1. The Hall–Kier alpha value is -2.67. The number of hydrogen-bond donors (Lipinski definition) is 0. The molecule has 148 valence electrons. The first-order valence-electron chi connectivity index (χ1n) is 10.1. The molecule has 1 amide bonds. The summed E-state index contributed by atoms with van der Waals surface area (Å²) in [5, 5.41) is 8.57. The van der Waals surface area contributed by atoms with Crippen LogP contribution in [0.3, 0.4) is 0 Å². The molecule has 2 aliphatic heterocycles. The van der Waals surface area contributed by atoms with E-state index in [-0.39, 0.29) is 5.91 Å². The van der Waals surface area contributed by atoms with Crippen LogP contribution in [-0.2, 0) is 0 Å². The van der Waals surface area contributed by atoms with Crippen molar-refractivity contribution in [3.63, 3.8) is 0 Å². The summed E-state index contributed by atoms with van der Waals surface area (Å²) in [7, 11) is 0. The molecule has 2 fully saturated rings. The largest absolute Gasteiger partial charge is 0.368 e. The molecule has 0 unspecified atom stereocenters. The highest BCUT2D eigenvalue weighted by Gasteiger charge is 2.24. The zero-order chi connectivity index (χ0) is 19.3. The highest BCUT2D eigenvalue weighted by molar-refractivity contribution is 5.92. The van der Waals surface area contributed by atoms with E-state index in [4.69, 9.17) is 0 Å². The Labute approximate surface area is 166 Å². The number of rotatable bonds is 4. The molecular weight excluding hydrogens is 352 g/mol. The Kier molecular flexibility index (Phi) is 5.71. The van der Waals surface area contributed by atoms with Crippen molar-refractivity contribution in [3.05, 3.63) is 48.2 Å². The molecule has 2 aliphatic rings. The standard InChI is InChI=1S/C21H28N6O/c1-2-24-10-12-26(13-11-24)20-9-8-19(22-23-20)21(28)27-16-14-25(15-17-27)18-6-4-3-5-7-18/h3-9H,2,10-17H2,1H3. The molecule has 1 aromatic heterocycles. The van der Waals surface area contributed by atoms with E-state index < -0.39 is 0 Å². The van der Waals surface area contributed by atoms with Crippen LogP contribution in [0.1, 0.15) is 17.4 Å². The Balaban J connectivity index is 1.33. The quantitative estimate of drug-likeness (QED) is 0.803. The van der Waals surface area contributed by atoms with Crippen molar-refractivity contribution in [2.75, 3.05) is 68.7 Å². The van der Waals surface area contributed by atoms with Gasteiger partial charge in [-0.25, -0.2) is 0 Å². The average molecular weight is 380 g/mol. The monoisotopic (exact) mass is 380 g/mol. The molecule has 1 aromatic carbocycles. The van der Waals surface area contributed by atoms with Gasteiger partial charge in [-0.05, 0) is 30.8 Å². The van der Waals surface area contributed by atoms with E-state index in [2.05, 4.69) is 44.0 Å². The molecule has 0 atom stereocenters. The van der Waals surface area contributed by atoms with Crippen LogP contribution >= 0.6 is 0 Å². The van der Waals surface area contributed by atoms with Crippen LogP contribution < -0.4 is 9.80 Å². The van der Waals surface area contributed by atoms with Gasteiger partial charge in [0.15, 0.2) is 11.5 Å². The zero-order valence-electron chi connectivity index (χ0n) is 16.5. The van der Waals surface area contributed by atoms with Crippen molar-refractivity contribution in [2.45, 2.75) is 6.92 Å². The first kappa shape index (κ1) is 18.7. The maximum atomic E-state index is 12.8. The van der Waals surface area contributed by atoms with Crippen LogP contribution in [0.2, 0.25) is 0 Å². The summed E-state index contributed by atoms with van der Waals surface area (Å²) in [4.78, 5) is 21.7. The number of aromatic nitrogens is 2. The van der Waals surface area contributed by atoms with Gasteiger partial charge in [-0.2, -0.15) is 0 Å². The molecule has 7 heteroatoms. The SMILES string of the molecule is CCN1CCN(c2ccc(C(=O)N3CCN(c4ccccc4)CC3)nn2)CC1. The van der Waals surface area contributed by atoms with Crippen molar-refractivity contribution < 1.29 is 4.79 Å². The summed E-state index contributed by atoms with van der Waals surface area (Å²) >= 11 is 0. The van der Waals surface area contributed by atoms with Gasteiger partial charge < -0.3 is 19.6 Å². The predicted octanol–water partition coefficient (Wildman–Crippen LogP) is 1.58. The molecule has 2 saturated heterocycles. The Morgan fingerprint density at radius 3 is 2.11 bits per heavy atom. The van der Waals surface area contributed by atoms with Gasteiger partial charge in [-0.3, -0.25) is 4.79 Å². The molecule has 0 spiro atoms. The Morgan fingerprint density at radius 1 is 0.821 bits per heavy atom. The lowest BCUT2D eigenvalue weighted by Gasteiger charge is -2.36. The van der Waals surface area contributed by atoms with Gasteiger partial charge in [-0.1, -0.05) is 25.1 Å². The first-order chi connectivity index (χ1) is 13.7. The fraction of sp³-hybridized carbons (Fsp3) is 0.476. The molecule has 0 saturated carbocycles. The van der Waals surface area contributed by atoms with E-state index in [1.54, 1.807) is 0 Å². The fourth-order valence-electron chi connectivity index (χ4n) is 3.87. The molecular formula is C21H28N6O. The maximum Gasteiger partial charge on any atom is 0.274 e. The van der Waals surface area contributed by atoms with Crippen LogP contribution in [-0.4, -0.2) is 84.8 Å². The van der Waals surface area contributed by atoms with E-state index >= 15 is 0 Å². The number of carbonyl (C=O) groups excluding carboxylic acids is 1. The molecule has 0 radical (unpaired) electrons. The summed E-state index contributed by atoms with van der Waals surface area (Å²) in [6, 6.07) is 14.1. The highest BCUT2D eigenvalue weighted by Crippen LogP contribution is 2.17. The molecule has 0 bridgehead atoms. The number of likely N-dealkylation sites (N-methyl/N-ethyl adjacent to an activating group) is 1. The maximum absolute atomic E-state index is 12.8. The number of benzene rings is 1. The van der Waals surface area contributed by atoms with Crippen LogP contribution in [0.4, 0.5) is 11.5 Å². The Morgan fingerprint density at radius 2 is 1.50 bits per heavy atom. The Bertz CT molecular complexity index is 765. The lowest BCUT2D eigenvalue weighted by molar-refractivity contribution is 0.0739. The number of anilines is 2. The molecule has 0 N–H and O–H groups in total. The molecule has 0 aliphatic carbocycles. The predicted molar refractivity (Wildman–Crippen MR) is 111 cm³/mol. The molecule has 7 nitrogen and oxygen atoms in total. The third kappa shape index (κ3) is 4.09. The summed E-state index contributed by atoms with van der Waals surface area (Å²) in [6.45, 7) is 10.4. The fourth-order valence-corrected chi connectivity index (χ4v) is 3.87. The van der Waals surface area contributed by atoms with Crippen molar-refractivity contribution >= 4 is 17.4 Å². The van der Waals surface area contributed by atoms with Gasteiger partial charge in [0.05, 0.1) is 0 Å². The summed E-state index contributed by atoms with van der Waals surface area (Å²) < 4.78 is 0. The molecule has 4 rings (SSSR count). The van der Waals surface area contributed by atoms with Gasteiger partial charge in [0.25, 0.3) is 5.91 Å². The van der Waals surface area contributed by atoms with Crippen molar-refractivity contribution in [2.24, 2.45) is 0 Å². The smallest absolute Gasteiger partial charge is 0.274 e. The topological polar surface area (TPSA) is 55.8 Å². The van der Waals surface area contributed by atoms with E-state index in [9.17, 15) is 4.79 Å². The molecule has 28 heavy (non-hydrogen) atoms. The summed E-state index contributed by atoms with van der Waals surface area (Å²) in [5.74, 6) is 0.837. The minimum atomic E-state index is -0.0254. The molecule has 3 heterocycles. The third-order valence-electron chi connectivity index (χ3n) is 5.70. The average Bonchev–Trinajstić information content (AvgIpc) is 2.79. The van der Waals surface area contributed by atoms with Crippen LogP contribution in [0, 0.1) is 0 Å². The van der Waals surface area contributed by atoms with Crippen molar-refractivity contribution in [1.29, 1.82) is 0 Å². The minimum Gasteiger partial charge on any atom is -0.368 e. The number of amides is 1. The number of hydrogen-bond acceptors (Lipinski definition) is 6. The number of piperazine rings is 2. The second kappa shape index (κ2) is 8.56. The normalized spacial score (nSPS) is 18.4. The number of nitrogens with zero attached hydrogens (tertiary/aromatic N) is 6. The van der Waals surface area contributed by atoms with Crippen LogP contribution in [0.15, 0.2) is 42.5 Å². The van der Waals surface area contributed by atoms with Gasteiger partial charge in [0.2, 0.25) is 0 Å². The van der Waals surface area contributed by atoms with Crippen LogP contribution in [0.25, 0.3) is 0 Å². The van der Waals surface area contributed by atoms with Crippen molar-refractivity contribution in [1.82, 2.24) is 20.0 Å². The van der Waals surface area contributed by atoms with E-state index in [0.29, 0.717) is 18.8 Å². The van der Waals surface area contributed by atoms with E-state index in [1.165, 1.54) is 5.69 Å². The van der Waals surface area contributed by atoms with E-state index in [0.717, 1.165) is 51.6 Å². The second-order valence-electron chi connectivity index (χ2n) is 7.31. The number of para-hydroxylation sites is 1. The second-order valence-corrected chi connectivity index (χ2v) is 7.31. The molecule has 2 aromatic rings. The summed E-state index contributed by atoms with van der Waals surface area (Å²) in [6.07, 6.45) is 0. The van der Waals surface area contributed by atoms with Gasteiger partial charge in [-0.15, -0.1) is 10.2 Å². The van der Waals surface area contributed by atoms with Crippen LogP contribution in [0.5, 0.6) is 0 Å². The zero-order valence-corrected chi connectivity index (χ0v) is 16.5. The van der Waals surface area contributed by atoms with Gasteiger partial charge in [0.1, 0.15) is 0 Å². The highest BCUT2D eigenvalue weighted by atomic mass is 16.2. The lowest BCUT2D eigenvalue weighted by atomic mass is 10.2.